The summed E-state index contributed by atoms with van der Waals surface area (Å²) in [6, 6.07) is 9.10. The third-order valence-corrected chi connectivity index (χ3v) is 2.12. The molecule has 0 fully saturated rings. The number of hydrazine groups is 1. The van der Waals surface area contributed by atoms with Crippen molar-refractivity contribution in [3.05, 3.63) is 60.3 Å². The van der Waals surface area contributed by atoms with Gasteiger partial charge in [0.2, 0.25) is 0 Å². The molecule has 2 N–H and O–H groups in total. The highest BCUT2D eigenvalue weighted by atomic mass is 19.1. The molecule has 2 rings (SSSR count). The quantitative estimate of drug-likeness (QED) is 0.644. The van der Waals surface area contributed by atoms with Gasteiger partial charge in [0.25, 0.3) is 5.91 Å². The molecule has 0 aliphatic carbocycles. The van der Waals surface area contributed by atoms with E-state index in [1.54, 1.807) is 18.2 Å². The summed E-state index contributed by atoms with van der Waals surface area (Å²) in [6.45, 7) is 0. The average Bonchev–Trinajstić information content (AvgIpc) is 2.89. The first-order valence-corrected chi connectivity index (χ1v) is 5.27. The van der Waals surface area contributed by atoms with Crippen LogP contribution in [0.5, 0.6) is 0 Å². The van der Waals surface area contributed by atoms with Crippen molar-refractivity contribution in [3.8, 4) is 0 Å². The van der Waals surface area contributed by atoms with Gasteiger partial charge in [-0.15, -0.1) is 0 Å². The summed E-state index contributed by atoms with van der Waals surface area (Å²) < 4.78 is 17.7. The maximum absolute atomic E-state index is 12.6. The van der Waals surface area contributed by atoms with E-state index in [4.69, 9.17) is 4.42 Å². The molecule has 2 aromatic rings. The Morgan fingerprint density at radius 2 is 2.00 bits per heavy atom. The highest BCUT2D eigenvalue weighted by Gasteiger charge is 1.96. The van der Waals surface area contributed by atoms with Crippen LogP contribution in [0.25, 0.3) is 6.08 Å². The Balaban J connectivity index is 1.83. The molecule has 18 heavy (non-hydrogen) atoms. The van der Waals surface area contributed by atoms with Gasteiger partial charge in [0.1, 0.15) is 11.6 Å². The van der Waals surface area contributed by atoms with Gasteiger partial charge in [0.05, 0.1) is 12.0 Å². The molecule has 0 spiro atoms. The van der Waals surface area contributed by atoms with E-state index in [0.717, 1.165) is 0 Å². The zero-order valence-electron chi connectivity index (χ0n) is 9.39. The Kier molecular flexibility index (Phi) is 3.76. The van der Waals surface area contributed by atoms with Gasteiger partial charge in [-0.05, 0) is 42.5 Å². The molecule has 92 valence electrons. The molecule has 0 radical (unpaired) electrons. The highest BCUT2D eigenvalue weighted by molar-refractivity contribution is 5.92. The number of furan rings is 1. The second kappa shape index (κ2) is 5.67. The van der Waals surface area contributed by atoms with E-state index in [1.807, 2.05) is 0 Å². The van der Waals surface area contributed by atoms with Crippen molar-refractivity contribution in [2.24, 2.45) is 0 Å². The number of hydrogen-bond donors (Lipinski definition) is 2. The number of nitrogens with one attached hydrogen (secondary N) is 2. The number of carbonyl (C=O) groups excluding carboxylic acids is 1. The Bertz CT molecular complexity index is 533. The molecule has 1 aromatic carbocycles. The number of amides is 1. The van der Waals surface area contributed by atoms with E-state index in [9.17, 15) is 9.18 Å². The normalized spacial score (nSPS) is 10.5. The maximum Gasteiger partial charge on any atom is 0.262 e. The largest absolute Gasteiger partial charge is 0.465 e. The number of hydrogen-bond acceptors (Lipinski definition) is 3. The van der Waals surface area contributed by atoms with Crippen LogP contribution in [0, 0.1) is 5.82 Å². The lowest BCUT2D eigenvalue weighted by Crippen LogP contribution is -2.27. The number of benzene rings is 1. The minimum absolute atomic E-state index is 0.329. The van der Waals surface area contributed by atoms with E-state index in [0.29, 0.717) is 11.4 Å². The lowest BCUT2D eigenvalue weighted by molar-refractivity contribution is -0.116. The molecule has 1 aromatic heterocycles. The van der Waals surface area contributed by atoms with E-state index >= 15 is 0 Å². The van der Waals surface area contributed by atoms with Crippen LogP contribution in [-0.4, -0.2) is 5.91 Å². The summed E-state index contributed by atoms with van der Waals surface area (Å²) in [5.74, 6) is -0.0766. The molecule has 0 aliphatic heterocycles. The summed E-state index contributed by atoms with van der Waals surface area (Å²) in [5, 5.41) is 0. The topological polar surface area (TPSA) is 54.3 Å². The number of rotatable bonds is 4. The summed E-state index contributed by atoms with van der Waals surface area (Å²) in [7, 11) is 0. The molecule has 0 saturated heterocycles. The minimum atomic E-state index is -0.337. The number of carbonyl (C=O) groups is 1. The zero-order chi connectivity index (χ0) is 12.8. The molecule has 0 atom stereocenters. The summed E-state index contributed by atoms with van der Waals surface area (Å²) in [5.41, 5.74) is 5.69. The predicted octanol–water partition coefficient (Wildman–Crippen LogP) is 2.58. The van der Waals surface area contributed by atoms with Crippen LogP contribution in [0.15, 0.2) is 53.2 Å². The second-order valence-electron chi connectivity index (χ2n) is 3.47. The van der Waals surface area contributed by atoms with E-state index in [2.05, 4.69) is 10.9 Å². The lowest BCUT2D eigenvalue weighted by Gasteiger charge is -2.05. The summed E-state index contributed by atoms with van der Waals surface area (Å²) >= 11 is 0. The van der Waals surface area contributed by atoms with Gasteiger partial charge in [0, 0.05) is 6.08 Å². The second-order valence-corrected chi connectivity index (χ2v) is 3.47. The molecule has 1 heterocycles. The highest BCUT2D eigenvalue weighted by Crippen LogP contribution is 2.06. The van der Waals surface area contributed by atoms with E-state index < -0.39 is 0 Å². The lowest BCUT2D eigenvalue weighted by atomic mass is 10.3. The first kappa shape index (κ1) is 11.9. The van der Waals surface area contributed by atoms with Crippen molar-refractivity contribution in [1.82, 2.24) is 5.43 Å². The van der Waals surface area contributed by atoms with Crippen molar-refractivity contribution in [1.29, 1.82) is 0 Å². The summed E-state index contributed by atoms with van der Waals surface area (Å²) in [6.07, 6.45) is 4.39. The van der Waals surface area contributed by atoms with E-state index in [1.165, 1.54) is 36.6 Å². The average molecular weight is 246 g/mol. The van der Waals surface area contributed by atoms with Gasteiger partial charge in [-0.25, -0.2) is 4.39 Å². The van der Waals surface area contributed by atoms with Crippen LogP contribution < -0.4 is 10.9 Å². The van der Waals surface area contributed by atoms with Gasteiger partial charge in [-0.3, -0.25) is 15.6 Å². The first-order chi connectivity index (χ1) is 8.74. The molecule has 0 aliphatic rings. The first-order valence-electron chi connectivity index (χ1n) is 5.27. The van der Waals surface area contributed by atoms with Crippen molar-refractivity contribution >= 4 is 17.7 Å². The Morgan fingerprint density at radius 3 is 2.67 bits per heavy atom. The predicted molar refractivity (Wildman–Crippen MR) is 65.9 cm³/mol. The molecule has 0 saturated carbocycles. The van der Waals surface area contributed by atoms with Crippen LogP contribution in [-0.2, 0) is 4.79 Å². The van der Waals surface area contributed by atoms with Gasteiger partial charge < -0.3 is 4.42 Å². The molecular formula is C13H11FN2O2. The summed E-state index contributed by atoms with van der Waals surface area (Å²) in [4.78, 5) is 11.4. The third kappa shape index (κ3) is 3.48. The number of halogens is 1. The fraction of sp³-hybridized carbons (Fsp3) is 0. The molecule has 4 nitrogen and oxygen atoms in total. The van der Waals surface area contributed by atoms with Crippen molar-refractivity contribution < 1.29 is 13.6 Å². The zero-order valence-corrected chi connectivity index (χ0v) is 9.39. The molecule has 5 heteroatoms. The Hall–Kier alpha value is -2.56. The van der Waals surface area contributed by atoms with Crippen LogP contribution in [0.3, 0.4) is 0 Å². The minimum Gasteiger partial charge on any atom is -0.465 e. The molecule has 0 bridgehead atoms. The maximum atomic E-state index is 12.6. The smallest absolute Gasteiger partial charge is 0.262 e. The SMILES string of the molecule is O=C(C=Cc1ccco1)NNc1ccc(F)cc1. The van der Waals surface area contributed by atoms with Gasteiger partial charge in [-0.2, -0.15) is 0 Å². The van der Waals surface area contributed by atoms with Gasteiger partial charge in [0.15, 0.2) is 0 Å². The van der Waals surface area contributed by atoms with Gasteiger partial charge >= 0.3 is 0 Å². The van der Waals surface area contributed by atoms with Gasteiger partial charge in [-0.1, -0.05) is 0 Å². The Morgan fingerprint density at radius 1 is 1.22 bits per heavy atom. The van der Waals surface area contributed by atoms with Crippen molar-refractivity contribution in [3.63, 3.8) is 0 Å². The third-order valence-electron chi connectivity index (χ3n) is 2.12. The fourth-order valence-corrected chi connectivity index (χ4v) is 1.25. The molecular weight excluding hydrogens is 235 g/mol. The standard InChI is InChI=1S/C13H11FN2O2/c14-10-3-5-11(6-4-10)15-16-13(17)8-7-12-2-1-9-18-12/h1-9,15H,(H,16,17). The Labute approximate surface area is 103 Å². The fourth-order valence-electron chi connectivity index (χ4n) is 1.25. The number of anilines is 1. The monoisotopic (exact) mass is 246 g/mol. The molecule has 0 unspecified atom stereocenters. The van der Waals surface area contributed by atoms with Crippen molar-refractivity contribution in [2.45, 2.75) is 0 Å². The van der Waals surface area contributed by atoms with Crippen LogP contribution in [0.1, 0.15) is 5.76 Å². The van der Waals surface area contributed by atoms with Crippen LogP contribution >= 0.6 is 0 Å². The van der Waals surface area contributed by atoms with E-state index in [-0.39, 0.29) is 11.7 Å². The van der Waals surface area contributed by atoms with Crippen molar-refractivity contribution in [2.75, 3.05) is 5.43 Å². The molecule has 1 amide bonds. The van der Waals surface area contributed by atoms with Crippen LogP contribution in [0.4, 0.5) is 10.1 Å². The van der Waals surface area contributed by atoms with Crippen LogP contribution in [0.2, 0.25) is 0 Å².